The third-order valence-corrected chi connectivity index (χ3v) is 2.39. The number of aryl methyl sites for hydroxylation is 1. The highest BCUT2D eigenvalue weighted by molar-refractivity contribution is 5.34. The molecule has 0 radical (unpaired) electrons. The first kappa shape index (κ1) is 11.2. The van der Waals surface area contributed by atoms with Crippen LogP contribution in [0.25, 0.3) is 0 Å². The van der Waals surface area contributed by atoms with Gasteiger partial charge in [0, 0.05) is 12.5 Å². The summed E-state index contributed by atoms with van der Waals surface area (Å²) in [6.07, 6.45) is 0. The van der Waals surface area contributed by atoms with Crippen molar-refractivity contribution in [1.29, 1.82) is 0 Å². The number of hydrogen-bond donors (Lipinski definition) is 0. The molecule has 0 spiro atoms. The van der Waals surface area contributed by atoms with Crippen LogP contribution in [0.15, 0.2) is 18.2 Å². The molecule has 0 aliphatic carbocycles. The molecule has 0 aliphatic rings. The Morgan fingerprint density at radius 2 is 1.79 bits per heavy atom. The Morgan fingerprint density at radius 1 is 1.21 bits per heavy atom. The molecule has 0 aliphatic heterocycles. The van der Waals surface area contributed by atoms with Crippen LogP contribution in [0.3, 0.4) is 0 Å². The molecular formula is C12H16F2. The van der Waals surface area contributed by atoms with Crippen molar-refractivity contribution in [2.24, 2.45) is 0 Å². The van der Waals surface area contributed by atoms with Crippen molar-refractivity contribution >= 4 is 0 Å². The molecule has 0 saturated carbocycles. The van der Waals surface area contributed by atoms with E-state index in [0.29, 0.717) is 11.5 Å². The summed E-state index contributed by atoms with van der Waals surface area (Å²) in [7, 11) is 0. The van der Waals surface area contributed by atoms with Crippen LogP contribution in [-0.2, 0) is 5.92 Å². The summed E-state index contributed by atoms with van der Waals surface area (Å²) in [5.41, 5.74) is 1.90. The standard InChI is InChI=1S/C12H16F2/c1-8(2)10-5-6-11(9(3)7-10)12(4,13)14/h5-8H,1-4H3. The summed E-state index contributed by atoms with van der Waals surface area (Å²) >= 11 is 0. The van der Waals surface area contributed by atoms with Crippen LogP contribution in [0.2, 0.25) is 0 Å². The van der Waals surface area contributed by atoms with Crippen molar-refractivity contribution in [1.82, 2.24) is 0 Å². The molecule has 0 amide bonds. The van der Waals surface area contributed by atoms with E-state index in [1.54, 1.807) is 13.0 Å². The van der Waals surface area contributed by atoms with Gasteiger partial charge in [0.15, 0.2) is 0 Å². The Balaban J connectivity index is 3.15. The molecule has 14 heavy (non-hydrogen) atoms. The molecule has 0 nitrogen and oxygen atoms in total. The van der Waals surface area contributed by atoms with Crippen molar-refractivity contribution in [3.05, 3.63) is 34.9 Å². The molecule has 0 bridgehead atoms. The number of alkyl halides is 2. The maximum atomic E-state index is 13.0. The Morgan fingerprint density at radius 3 is 2.14 bits per heavy atom. The summed E-state index contributed by atoms with van der Waals surface area (Å²) in [6, 6.07) is 5.16. The molecule has 0 unspecified atom stereocenters. The highest BCUT2D eigenvalue weighted by Crippen LogP contribution is 2.31. The third-order valence-electron chi connectivity index (χ3n) is 2.39. The minimum atomic E-state index is -2.74. The Kier molecular flexibility index (Phi) is 2.93. The van der Waals surface area contributed by atoms with Gasteiger partial charge in [-0.1, -0.05) is 32.0 Å². The second-order valence-corrected chi connectivity index (χ2v) is 4.12. The normalized spacial score (nSPS) is 12.2. The number of hydrogen-bond acceptors (Lipinski definition) is 0. The lowest BCUT2D eigenvalue weighted by Crippen LogP contribution is -2.09. The molecule has 0 aromatic heterocycles. The average molecular weight is 198 g/mol. The van der Waals surface area contributed by atoms with E-state index in [-0.39, 0.29) is 5.56 Å². The fourth-order valence-corrected chi connectivity index (χ4v) is 1.54. The van der Waals surface area contributed by atoms with Gasteiger partial charge in [0.25, 0.3) is 5.92 Å². The Hall–Kier alpha value is -0.920. The molecule has 1 rings (SSSR count). The summed E-state index contributed by atoms with van der Waals surface area (Å²) in [5.74, 6) is -2.35. The van der Waals surface area contributed by atoms with Gasteiger partial charge in [0.2, 0.25) is 0 Å². The van der Waals surface area contributed by atoms with Gasteiger partial charge in [0.1, 0.15) is 0 Å². The quantitative estimate of drug-likeness (QED) is 0.667. The maximum Gasteiger partial charge on any atom is 0.270 e. The highest BCUT2D eigenvalue weighted by Gasteiger charge is 2.26. The van der Waals surface area contributed by atoms with Gasteiger partial charge in [0.05, 0.1) is 0 Å². The van der Waals surface area contributed by atoms with E-state index in [1.165, 1.54) is 6.07 Å². The molecule has 1 aromatic carbocycles. The second-order valence-electron chi connectivity index (χ2n) is 4.12. The molecule has 1 aromatic rings. The lowest BCUT2D eigenvalue weighted by molar-refractivity contribution is 0.0168. The third kappa shape index (κ3) is 2.31. The van der Waals surface area contributed by atoms with Crippen molar-refractivity contribution in [2.45, 2.75) is 39.5 Å². The molecule has 0 heterocycles. The molecular weight excluding hydrogens is 182 g/mol. The first-order chi connectivity index (χ1) is 6.32. The van der Waals surface area contributed by atoms with Crippen molar-refractivity contribution < 1.29 is 8.78 Å². The number of rotatable bonds is 2. The summed E-state index contributed by atoms with van der Waals surface area (Å²) in [5, 5.41) is 0. The first-order valence-corrected chi connectivity index (χ1v) is 4.81. The van der Waals surface area contributed by atoms with Gasteiger partial charge < -0.3 is 0 Å². The SMILES string of the molecule is Cc1cc(C(C)C)ccc1C(C)(F)F. The monoisotopic (exact) mass is 198 g/mol. The minimum absolute atomic E-state index is 0.127. The van der Waals surface area contributed by atoms with Crippen molar-refractivity contribution in [3.63, 3.8) is 0 Å². The smallest absolute Gasteiger partial charge is 0.202 e. The summed E-state index contributed by atoms with van der Waals surface area (Å²) in [6.45, 7) is 6.78. The van der Waals surface area contributed by atoms with Gasteiger partial charge in [-0.25, -0.2) is 8.78 Å². The van der Waals surface area contributed by atoms with E-state index >= 15 is 0 Å². The summed E-state index contributed by atoms with van der Waals surface area (Å²) in [4.78, 5) is 0. The van der Waals surface area contributed by atoms with Gasteiger partial charge in [-0.05, 0) is 24.0 Å². The van der Waals surface area contributed by atoms with Crippen LogP contribution in [0.4, 0.5) is 8.78 Å². The molecule has 78 valence electrons. The zero-order valence-electron chi connectivity index (χ0n) is 9.07. The highest BCUT2D eigenvalue weighted by atomic mass is 19.3. The van der Waals surface area contributed by atoms with Gasteiger partial charge in [-0.3, -0.25) is 0 Å². The van der Waals surface area contributed by atoms with Crippen molar-refractivity contribution in [3.8, 4) is 0 Å². The van der Waals surface area contributed by atoms with Crippen LogP contribution in [0.1, 0.15) is 43.4 Å². The fraction of sp³-hybridized carbons (Fsp3) is 0.500. The van der Waals surface area contributed by atoms with Gasteiger partial charge in [-0.15, -0.1) is 0 Å². The van der Waals surface area contributed by atoms with Gasteiger partial charge >= 0.3 is 0 Å². The van der Waals surface area contributed by atoms with Crippen LogP contribution in [0, 0.1) is 6.92 Å². The first-order valence-electron chi connectivity index (χ1n) is 4.81. The predicted octanol–water partition coefficient (Wildman–Crippen LogP) is 4.23. The molecule has 0 saturated heterocycles. The minimum Gasteiger partial charge on any atom is -0.202 e. The Labute approximate surface area is 84.0 Å². The number of benzene rings is 1. The second kappa shape index (κ2) is 3.68. The van der Waals surface area contributed by atoms with E-state index in [4.69, 9.17) is 0 Å². The van der Waals surface area contributed by atoms with Crippen LogP contribution in [0.5, 0.6) is 0 Å². The maximum absolute atomic E-state index is 13.0. The lowest BCUT2D eigenvalue weighted by Gasteiger charge is -2.15. The van der Waals surface area contributed by atoms with Crippen molar-refractivity contribution in [2.75, 3.05) is 0 Å². The molecule has 0 N–H and O–H groups in total. The fourth-order valence-electron chi connectivity index (χ4n) is 1.54. The largest absolute Gasteiger partial charge is 0.270 e. The summed E-state index contributed by atoms with van der Waals surface area (Å²) < 4.78 is 26.1. The van der Waals surface area contributed by atoms with E-state index in [1.807, 2.05) is 6.07 Å². The molecule has 0 atom stereocenters. The molecule has 2 heteroatoms. The number of halogens is 2. The van der Waals surface area contributed by atoms with Crippen LogP contribution < -0.4 is 0 Å². The van der Waals surface area contributed by atoms with E-state index in [2.05, 4.69) is 13.8 Å². The van der Waals surface area contributed by atoms with Crippen LogP contribution in [-0.4, -0.2) is 0 Å². The zero-order chi connectivity index (χ0) is 10.9. The Bertz CT molecular complexity index is 322. The zero-order valence-corrected chi connectivity index (χ0v) is 9.07. The van der Waals surface area contributed by atoms with E-state index in [9.17, 15) is 8.78 Å². The average Bonchev–Trinajstić information content (AvgIpc) is 2.01. The predicted molar refractivity (Wildman–Crippen MR) is 54.8 cm³/mol. The lowest BCUT2D eigenvalue weighted by atomic mass is 9.96. The topological polar surface area (TPSA) is 0 Å². The van der Waals surface area contributed by atoms with E-state index in [0.717, 1.165) is 12.5 Å². The van der Waals surface area contributed by atoms with E-state index < -0.39 is 5.92 Å². The molecule has 0 fully saturated rings. The van der Waals surface area contributed by atoms with Crippen LogP contribution >= 0.6 is 0 Å². The van der Waals surface area contributed by atoms with Gasteiger partial charge in [-0.2, -0.15) is 0 Å².